The Labute approximate surface area is 152 Å². The number of alkyl halides is 1. The normalized spacial score (nSPS) is 9.84. The van der Waals surface area contributed by atoms with Crippen LogP contribution in [0.5, 0.6) is 0 Å². The Kier molecular flexibility index (Phi) is 9.30. The number of halogens is 1. The van der Waals surface area contributed by atoms with Crippen molar-refractivity contribution in [3.05, 3.63) is 79.9 Å². The molecule has 0 atom stereocenters. The van der Waals surface area contributed by atoms with Crippen molar-refractivity contribution >= 4 is 27.3 Å². The lowest BCUT2D eigenvalue weighted by Crippen LogP contribution is -2.18. The number of aliphatic hydroxyl groups is 1. The van der Waals surface area contributed by atoms with Crippen LogP contribution in [0.1, 0.15) is 11.1 Å². The van der Waals surface area contributed by atoms with Gasteiger partial charge < -0.3 is 10.4 Å². The summed E-state index contributed by atoms with van der Waals surface area (Å²) in [6.45, 7) is 0.865. The number of aliphatic hydroxyl groups excluding tert-OH is 1. The topological polar surface area (TPSA) is 119 Å². The second-order valence-corrected chi connectivity index (χ2v) is 5.37. The fourth-order valence-electron chi connectivity index (χ4n) is 1.94. The molecule has 0 aliphatic heterocycles. The molecule has 0 spiro atoms. The van der Waals surface area contributed by atoms with Gasteiger partial charge in [-0.1, -0.05) is 52.3 Å². The number of nitro benzene ring substituents is 2. The Balaban J connectivity index is 0.000000257. The van der Waals surface area contributed by atoms with Crippen molar-refractivity contribution in [2.24, 2.45) is 0 Å². The molecule has 0 unspecified atom stereocenters. The zero-order chi connectivity index (χ0) is 18.7. The summed E-state index contributed by atoms with van der Waals surface area (Å²) in [6, 6.07) is 13.2. The van der Waals surface area contributed by atoms with Crippen LogP contribution in [-0.4, -0.2) is 28.1 Å². The minimum Gasteiger partial charge on any atom is -0.395 e. The molecule has 134 valence electrons. The van der Waals surface area contributed by atoms with Crippen molar-refractivity contribution in [1.29, 1.82) is 0 Å². The van der Waals surface area contributed by atoms with Crippen molar-refractivity contribution < 1.29 is 15.0 Å². The molecule has 0 fully saturated rings. The molecular weight excluding hydrogens is 394 g/mol. The maximum absolute atomic E-state index is 10.6. The molecule has 0 saturated heterocycles. The van der Waals surface area contributed by atoms with E-state index in [1.54, 1.807) is 36.4 Å². The summed E-state index contributed by atoms with van der Waals surface area (Å²) in [4.78, 5) is 20.2. The largest absolute Gasteiger partial charge is 0.395 e. The lowest BCUT2D eigenvalue weighted by atomic mass is 10.2. The number of benzene rings is 2. The van der Waals surface area contributed by atoms with Gasteiger partial charge in [-0.15, -0.1) is 0 Å². The van der Waals surface area contributed by atoms with Crippen LogP contribution < -0.4 is 5.32 Å². The van der Waals surface area contributed by atoms with Crippen LogP contribution in [0, 0.1) is 20.2 Å². The zero-order valence-electron chi connectivity index (χ0n) is 13.3. The second kappa shape index (κ2) is 11.2. The van der Waals surface area contributed by atoms with E-state index in [9.17, 15) is 20.2 Å². The van der Waals surface area contributed by atoms with Crippen LogP contribution in [0.2, 0.25) is 0 Å². The first kappa shape index (κ1) is 20.7. The number of nitro groups is 2. The highest BCUT2D eigenvalue weighted by Gasteiger charge is 2.11. The summed E-state index contributed by atoms with van der Waals surface area (Å²) in [5.41, 5.74) is 1.62. The first-order chi connectivity index (χ1) is 12.0. The first-order valence-corrected chi connectivity index (χ1v) is 8.45. The highest BCUT2D eigenvalue weighted by molar-refractivity contribution is 9.08. The Morgan fingerprint density at radius 2 is 1.40 bits per heavy atom. The Morgan fingerprint density at radius 3 is 1.84 bits per heavy atom. The molecule has 0 aliphatic carbocycles. The molecule has 0 aliphatic rings. The fraction of sp³-hybridized carbons (Fsp3) is 0.250. The van der Waals surface area contributed by atoms with E-state index >= 15 is 0 Å². The van der Waals surface area contributed by atoms with Crippen LogP contribution in [0.3, 0.4) is 0 Å². The minimum absolute atomic E-state index is 0.0284. The molecule has 0 heterocycles. The molecule has 0 bridgehead atoms. The number of nitrogens with one attached hydrogen (secondary N) is 1. The number of rotatable bonds is 7. The molecule has 8 nitrogen and oxygen atoms in total. The summed E-state index contributed by atoms with van der Waals surface area (Å²) in [6.07, 6.45) is 0. The van der Waals surface area contributed by atoms with Gasteiger partial charge in [-0.05, 0) is 0 Å². The van der Waals surface area contributed by atoms with Crippen molar-refractivity contribution in [2.75, 3.05) is 13.2 Å². The Bertz CT molecular complexity index is 712. The average molecular weight is 412 g/mol. The number of nitrogens with zero attached hydrogens (tertiary/aromatic N) is 2. The smallest absolute Gasteiger partial charge is 0.273 e. The molecule has 2 N–H and O–H groups in total. The van der Waals surface area contributed by atoms with Crippen LogP contribution in [0.25, 0.3) is 0 Å². The van der Waals surface area contributed by atoms with E-state index in [0.29, 0.717) is 29.5 Å². The lowest BCUT2D eigenvalue weighted by molar-refractivity contribution is -0.385. The third-order valence-corrected chi connectivity index (χ3v) is 3.73. The Hall–Kier alpha value is -2.36. The van der Waals surface area contributed by atoms with E-state index in [1.165, 1.54) is 12.1 Å². The Morgan fingerprint density at radius 1 is 0.920 bits per heavy atom. The molecule has 2 aromatic rings. The van der Waals surface area contributed by atoms with Gasteiger partial charge in [0.25, 0.3) is 11.4 Å². The van der Waals surface area contributed by atoms with E-state index in [4.69, 9.17) is 5.11 Å². The van der Waals surface area contributed by atoms with E-state index in [1.807, 2.05) is 0 Å². The standard InChI is InChI=1S/C9H12N2O3.C7H6BrNO2/c12-6-5-10-7-8-3-1-2-4-9(8)11(13)14;8-5-6-3-1-2-4-7(6)9(10)11/h1-4,10,12H,5-7H2;1-4H,5H2. The van der Waals surface area contributed by atoms with E-state index < -0.39 is 4.92 Å². The van der Waals surface area contributed by atoms with Gasteiger partial charge in [-0.2, -0.15) is 0 Å². The van der Waals surface area contributed by atoms with Crippen LogP contribution in [-0.2, 0) is 11.9 Å². The summed E-state index contributed by atoms with van der Waals surface area (Å²) in [7, 11) is 0. The van der Waals surface area contributed by atoms with Crippen molar-refractivity contribution in [3.63, 3.8) is 0 Å². The maximum atomic E-state index is 10.6. The van der Waals surface area contributed by atoms with Gasteiger partial charge >= 0.3 is 0 Å². The van der Waals surface area contributed by atoms with Crippen molar-refractivity contribution in [3.8, 4) is 0 Å². The quantitative estimate of drug-likeness (QED) is 0.312. The highest BCUT2D eigenvalue weighted by Crippen LogP contribution is 2.19. The number of para-hydroxylation sites is 2. The molecule has 0 saturated carbocycles. The SMILES string of the molecule is O=[N+]([O-])c1ccccc1CBr.O=[N+]([O-])c1ccccc1CNCCO. The van der Waals surface area contributed by atoms with Gasteiger partial charge in [0.15, 0.2) is 0 Å². The predicted octanol–water partition coefficient (Wildman–Crippen LogP) is 3.17. The predicted molar refractivity (Wildman–Crippen MR) is 97.6 cm³/mol. The zero-order valence-corrected chi connectivity index (χ0v) is 14.9. The van der Waals surface area contributed by atoms with Gasteiger partial charge in [0.1, 0.15) is 0 Å². The summed E-state index contributed by atoms with van der Waals surface area (Å²) in [5.74, 6) is 0. The third kappa shape index (κ3) is 6.96. The van der Waals surface area contributed by atoms with E-state index in [2.05, 4.69) is 21.2 Å². The number of hydrogen-bond donors (Lipinski definition) is 2. The van der Waals surface area contributed by atoms with Crippen molar-refractivity contribution in [2.45, 2.75) is 11.9 Å². The molecular formula is C16H18BrN3O5. The molecule has 0 amide bonds. The van der Waals surface area contributed by atoms with Crippen LogP contribution >= 0.6 is 15.9 Å². The van der Waals surface area contributed by atoms with Crippen LogP contribution in [0.15, 0.2) is 48.5 Å². The van der Waals surface area contributed by atoms with Gasteiger partial charge in [0.2, 0.25) is 0 Å². The van der Waals surface area contributed by atoms with Gasteiger partial charge in [0.05, 0.1) is 16.5 Å². The minimum atomic E-state index is -0.407. The first-order valence-electron chi connectivity index (χ1n) is 7.33. The monoisotopic (exact) mass is 411 g/mol. The van der Waals surface area contributed by atoms with E-state index in [0.717, 1.165) is 0 Å². The average Bonchev–Trinajstić information content (AvgIpc) is 2.62. The number of hydrogen-bond acceptors (Lipinski definition) is 6. The third-order valence-electron chi connectivity index (χ3n) is 3.12. The summed E-state index contributed by atoms with van der Waals surface area (Å²) < 4.78 is 0. The molecule has 9 heteroatoms. The van der Waals surface area contributed by atoms with Gasteiger partial charge in [-0.3, -0.25) is 20.2 Å². The molecule has 0 aromatic heterocycles. The molecule has 25 heavy (non-hydrogen) atoms. The molecule has 2 rings (SSSR count). The van der Waals surface area contributed by atoms with Gasteiger partial charge in [0, 0.05) is 41.7 Å². The van der Waals surface area contributed by atoms with Crippen molar-refractivity contribution in [1.82, 2.24) is 5.32 Å². The highest BCUT2D eigenvalue weighted by atomic mass is 79.9. The van der Waals surface area contributed by atoms with Gasteiger partial charge in [-0.25, -0.2) is 0 Å². The van der Waals surface area contributed by atoms with E-state index in [-0.39, 0.29) is 22.9 Å². The molecule has 2 aromatic carbocycles. The lowest BCUT2D eigenvalue weighted by Gasteiger charge is -2.03. The summed E-state index contributed by atoms with van der Waals surface area (Å²) in [5, 5.41) is 32.9. The summed E-state index contributed by atoms with van der Waals surface area (Å²) >= 11 is 3.17. The second-order valence-electron chi connectivity index (χ2n) is 4.81. The molecule has 0 radical (unpaired) electrons. The maximum Gasteiger partial charge on any atom is 0.273 e. The van der Waals surface area contributed by atoms with Crippen LogP contribution in [0.4, 0.5) is 11.4 Å². The fourth-order valence-corrected chi connectivity index (χ4v) is 2.42.